The highest BCUT2D eigenvalue weighted by atomic mass is 19.1. The van der Waals surface area contributed by atoms with Gasteiger partial charge in [0.1, 0.15) is 17.7 Å². The summed E-state index contributed by atoms with van der Waals surface area (Å²) in [5, 5.41) is 9.45. The number of piperidine rings is 1. The van der Waals surface area contributed by atoms with E-state index in [9.17, 15) is 9.59 Å². The molecule has 2 fully saturated rings. The highest BCUT2D eigenvalue weighted by molar-refractivity contribution is 5.95. The maximum absolute atomic E-state index is 15.0. The smallest absolute Gasteiger partial charge is 0.291 e. The molecule has 194 valence electrons. The van der Waals surface area contributed by atoms with E-state index < -0.39 is 12.3 Å². The molecule has 4 atom stereocenters. The van der Waals surface area contributed by atoms with Crippen LogP contribution in [-0.4, -0.2) is 57.3 Å². The molecule has 1 aromatic heterocycles. The molecule has 0 spiro atoms. The number of nitrogens with two attached hydrogens (primary N) is 1. The lowest BCUT2D eigenvalue weighted by molar-refractivity contribution is -0.117. The van der Waals surface area contributed by atoms with Crippen LogP contribution in [0.4, 0.5) is 10.1 Å². The van der Waals surface area contributed by atoms with Gasteiger partial charge >= 0.3 is 0 Å². The second kappa shape index (κ2) is 10.3. The summed E-state index contributed by atoms with van der Waals surface area (Å²) in [5.74, 6) is 1.31. The number of aromatic amines is 1. The number of nitrogens with zero attached hydrogens (tertiary/aromatic N) is 3. The zero-order valence-electron chi connectivity index (χ0n) is 20.9. The second-order valence-electron chi connectivity index (χ2n) is 9.86. The number of ether oxygens (including phenoxy) is 1. The van der Waals surface area contributed by atoms with Crippen LogP contribution in [0.3, 0.4) is 0 Å². The number of hydrogen-bond donors (Lipinski definition) is 3. The van der Waals surface area contributed by atoms with E-state index in [-0.39, 0.29) is 36.6 Å². The molecule has 2 aliphatic rings. The van der Waals surface area contributed by atoms with Crippen molar-refractivity contribution in [2.45, 2.75) is 45.5 Å². The highest BCUT2D eigenvalue weighted by Crippen LogP contribution is 2.38. The summed E-state index contributed by atoms with van der Waals surface area (Å²) < 4.78 is 21.1. The maximum atomic E-state index is 15.0. The number of halogens is 1. The van der Waals surface area contributed by atoms with Crippen LogP contribution in [0.1, 0.15) is 41.8 Å². The molecule has 3 aromatic rings. The Morgan fingerprint density at radius 3 is 2.70 bits per heavy atom. The van der Waals surface area contributed by atoms with Crippen LogP contribution >= 0.6 is 0 Å². The van der Waals surface area contributed by atoms with E-state index in [2.05, 4.69) is 27.4 Å². The molecule has 0 radical (unpaired) electrons. The van der Waals surface area contributed by atoms with Gasteiger partial charge in [-0.05, 0) is 54.7 Å². The second-order valence-corrected chi connectivity index (χ2v) is 9.86. The zero-order valence-corrected chi connectivity index (χ0v) is 20.9. The molecule has 5 rings (SSSR count). The fourth-order valence-electron chi connectivity index (χ4n) is 4.69. The number of aromatic nitrogens is 3. The first-order valence-electron chi connectivity index (χ1n) is 12.6. The first-order valence-corrected chi connectivity index (χ1v) is 12.6. The van der Waals surface area contributed by atoms with Crippen molar-refractivity contribution in [2.75, 3.05) is 18.4 Å². The molecule has 0 bridgehead atoms. The summed E-state index contributed by atoms with van der Waals surface area (Å²) in [4.78, 5) is 30.4. The molecule has 2 unspecified atom stereocenters. The van der Waals surface area contributed by atoms with Crippen LogP contribution in [-0.2, 0) is 11.3 Å². The number of benzene rings is 2. The first-order chi connectivity index (χ1) is 17.8. The van der Waals surface area contributed by atoms with Crippen molar-refractivity contribution >= 4 is 17.5 Å². The van der Waals surface area contributed by atoms with E-state index in [1.807, 2.05) is 36.4 Å². The minimum absolute atomic E-state index is 0.0560. The van der Waals surface area contributed by atoms with Crippen LogP contribution in [0.25, 0.3) is 11.1 Å². The van der Waals surface area contributed by atoms with Crippen molar-refractivity contribution in [3.05, 3.63) is 59.7 Å². The average Bonchev–Trinajstić information content (AvgIpc) is 3.48. The number of hydrogen-bond acceptors (Lipinski definition) is 6. The van der Waals surface area contributed by atoms with Crippen LogP contribution in [0.5, 0.6) is 5.75 Å². The van der Waals surface area contributed by atoms with Crippen molar-refractivity contribution in [3.8, 4) is 16.9 Å². The summed E-state index contributed by atoms with van der Waals surface area (Å²) in [6.07, 6.45) is -0.780. The molecule has 1 aliphatic carbocycles. The fraction of sp³-hybridized carbons (Fsp3) is 0.407. The number of nitrogens with one attached hydrogen (secondary N) is 2. The predicted octanol–water partition coefficient (Wildman–Crippen LogP) is 3.46. The van der Waals surface area contributed by atoms with Gasteiger partial charge in [0, 0.05) is 36.7 Å². The topological polar surface area (TPSA) is 126 Å². The lowest BCUT2D eigenvalue weighted by Crippen LogP contribution is -2.49. The van der Waals surface area contributed by atoms with Gasteiger partial charge in [-0.1, -0.05) is 25.1 Å². The van der Waals surface area contributed by atoms with Gasteiger partial charge in [0.2, 0.25) is 11.7 Å². The Morgan fingerprint density at radius 1 is 1.24 bits per heavy atom. The van der Waals surface area contributed by atoms with Crippen LogP contribution < -0.4 is 15.8 Å². The third-order valence-electron chi connectivity index (χ3n) is 7.04. The summed E-state index contributed by atoms with van der Waals surface area (Å²) in [6.45, 7) is 4.23. The largest absolute Gasteiger partial charge is 0.487 e. The molecule has 1 saturated heterocycles. The Hall–Kier alpha value is -3.79. The summed E-state index contributed by atoms with van der Waals surface area (Å²) in [6, 6.07) is 13.3. The average molecular weight is 507 g/mol. The lowest BCUT2D eigenvalue weighted by Gasteiger charge is -2.34. The standard InChI is InChI=1S/C27H31FN6O3/c1-15-10-21(15)26(35)31-20-5-3-4-17(12-20)18-6-7-23(19(11-18)13-29)37-24-8-9-34(14-22(24)28)27(36)25-30-16(2)32-33-25/h3-7,11-12,15,21-22,24H,8-10,13-14,29H2,1-2H3,(H,31,35)(H,30,32,33)/t15?,21?,22-,24+/m1/s1. The van der Waals surface area contributed by atoms with Gasteiger partial charge in [0.15, 0.2) is 6.17 Å². The van der Waals surface area contributed by atoms with Crippen LogP contribution in [0.15, 0.2) is 42.5 Å². The van der Waals surface area contributed by atoms with Crippen molar-refractivity contribution in [3.63, 3.8) is 0 Å². The molecule has 2 heterocycles. The molecule has 9 nitrogen and oxygen atoms in total. The van der Waals surface area contributed by atoms with Gasteiger partial charge in [0.05, 0.1) is 6.54 Å². The molecule has 2 amide bonds. The molecule has 1 aliphatic heterocycles. The quantitative estimate of drug-likeness (QED) is 0.451. The zero-order chi connectivity index (χ0) is 26.1. The van der Waals surface area contributed by atoms with Crippen molar-refractivity contribution in [1.82, 2.24) is 20.1 Å². The summed E-state index contributed by atoms with van der Waals surface area (Å²) in [5.41, 5.74) is 9.37. The Kier molecular flexibility index (Phi) is 6.92. The van der Waals surface area contributed by atoms with Gasteiger partial charge in [-0.15, -0.1) is 0 Å². The normalized spacial score (nSPS) is 23.0. The number of carbonyl (C=O) groups is 2. The van der Waals surface area contributed by atoms with Gasteiger partial charge in [-0.3, -0.25) is 14.7 Å². The Labute approximate surface area is 214 Å². The minimum atomic E-state index is -1.36. The molecule has 2 aromatic carbocycles. The van der Waals surface area contributed by atoms with E-state index in [4.69, 9.17) is 10.5 Å². The number of likely N-dealkylation sites (tertiary alicyclic amines) is 1. The number of carbonyl (C=O) groups excluding carboxylic acids is 2. The minimum Gasteiger partial charge on any atom is -0.487 e. The van der Waals surface area contributed by atoms with E-state index >= 15 is 4.39 Å². The fourth-order valence-corrected chi connectivity index (χ4v) is 4.69. The lowest BCUT2D eigenvalue weighted by atomic mass is 10.0. The SMILES string of the molecule is Cc1n[nH]c(C(=O)N2CC[C@H](Oc3ccc(-c4cccc(NC(=O)C5CC5C)c4)cc3CN)[C@H](F)C2)n1. The molecule has 37 heavy (non-hydrogen) atoms. The Morgan fingerprint density at radius 2 is 2.03 bits per heavy atom. The molecule has 4 N–H and O–H groups in total. The molecule has 1 saturated carbocycles. The van der Waals surface area contributed by atoms with Gasteiger partial charge < -0.3 is 20.7 Å². The first kappa shape index (κ1) is 24.9. The van der Waals surface area contributed by atoms with Crippen molar-refractivity contribution < 1.29 is 18.7 Å². The summed E-state index contributed by atoms with van der Waals surface area (Å²) in [7, 11) is 0. The molecule has 10 heteroatoms. The summed E-state index contributed by atoms with van der Waals surface area (Å²) >= 11 is 0. The number of alkyl halides is 1. The maximum Gasteiger partial charge on any atom is 0.291 e. The predicted molar refractivity (Wildman–Crippen MR) is 137 cm³/mol. The number of rotatable bonds is 7. The molecular weight excluding hydrogens is 475 g/mol. The number of H-pyrrole nitrogens is 1. The number of aryl methyl sites for hydroxylation is 1. The Bertz CT molecular complexity index is 1310. The van der Waals surface area contributed by atoms with E-state index in [1.54, 1.807) is 13.0 Å². The Balaban J connectivity index is 1.25. The molecular formula is C27H31FN6O3. The van der Waals surface area contributed by atoms with Crippen LogP contribution in [0, 0.1) is 18.8 Å². The van der Waals surface area contributed by atoms with Crippen molar-refractivity contribution in [2.24, 2.45) is 17.6 Å². The van der Waals surface area contributed by atoms with Gasteiger partial charge in [0.25, 0.3) is 5.91 Å². The van der Waals surface area contributed by atoms with E-state index in [0.717, 1.165) is 28.8 Å². The van der Waals surface area contributed by atoms with Crippen molar-refractivity contribution in [1.29, 1.82) is 0 Å². The number of anilines is 1. The third-order valence-corrected chi connectivity index (χ3v) is 7.04. The third kappa shape index (κ3) is 5.48. The monoisotopic (exact) mass is 506 g/mol. The van der Waals surface area contributed by atoms with E-state index in [1.165, 1.54) is 4.90 Å². The van der Waals surface area contributed by atoms with E-state index in [0.29, 0.717) is 30.5 Å². The highest BCUT2D eigenvalue weighted by Gasteiger charge is 2.39. The number of amides is 2. The van der Waals surface area contributed by atoms with Gasteiger partial charge in [-0.2, -0.15) is 5.10 Å². The van der Waals surface area contributed by atoms with Crippen LogP contribution in [0.2, 0.25) is 0 Å². The van der Waals surface area contributed by atoms with Gasteiger partial charge in [-0.25, -0.2) is 9.37 Å².